The summed E-state index contributed by atoms with van der Waals surface area (Å²) in [7, 11) is 0. The lowest BCUT2D eigenvalue weighted by Gasteiger charge is -2.14. The number of ether oxygens (including phenoxy) is 1. The van der Waals surface area contributed by atoms with Crippen LogP contribution in [0, 0.1) is 0 Å². The minimum Gasteiger partial charge on any atom is -0.449 e. The van der Waals surface area contributed by atoms with Crippen LogP contribution in [0.15, 0.2) is 109 Å². The molecule has 2 heterocycles. The molecule has 0 atom stereocenters. The summed E-state index contributed by atoms with van der Waals surface area (Å²) >= 11 is 5.98. The van der Waals surface area contributed by atoms with Crippen molar-refractivity contribution in [3.8, 4) is 34.0 Å². The van der Waals surface area contributed by atoms with E-state index < -0.39 is 5.56 Å². The molecule has 0 N–H and O–H groups in total. The standard InChI is InChI=1S/C25H17ClN4O2/c26-20-8-10-21(11-9-20)30-25(31)24(23(16-28-30)29-15-14-27-17-29)32-22-12-6-19(7-13-22)18-4-2-1-3-5-18/h1-17H. The molecule has 156 valence electrons. The molecule has 0 aliphatic heterocycles. The van der Waals surface area contributed by atoms with E-state index in [1.165, 1.54) is 4.68 Å². The summed E-state index contributed by atoms with van der Waals surface area (Å²) in [5.41, 5.74) is 2.84. The van der Waals surface area contributed by atoms with Gasteiger partial charge in [-0.05, 0) is 47.5 Å². The number of imidazole rings is 1. The maximum atomic E-state index is 13.4. The quantitative estimate of drug-likeness (QED) is 0.360. The van der Waals surface area contributed by atoms with Gasteiger partial charge in [-0.3, -0.25) is 4.79 Å². The van der Waals surface area contributed by atoms with Crippen molar-refractivity contribution in [2.24, 2.45) is 0 Å². The van der Waals surface area contributed by atoms with E-state index in [1.807, 2.05) is 54.6 Å². The first kappa shape index (κ1) is 19.8. The topological polar surface area (TPSA) is 61.9 Å². The Labute approximate surface area is 188 Å². The lowest BCUT2D eigenvalue weighted by Crippen LogP contribution is -2.23. The average Bonchev–Trinajstić information content (AvgIpc) is 3.37. The number of halogens is 1. The fourth-order valence-electron chi connectivity index (χ4n) is 3.34. The van der Waals surface area contributed by atoms with Gasteiger partial charge in [0, 0.05) is 17.4 Å². The first-order chi connectivity index (χ1) is 15.7. The second kappa shape index (κ2) is 8.53. The zero-order chi connectivity index (χ0) is 21.9. The van der Waals surface area contributed by atoms with Gasteiger partial charge in [0.2, 0.25) is 5.75 Å². The van der Waals surface area contributed by atoms with E-state index in [9.17, 15) is 4.79 Å². The minimum atomic E-state index is -0.398. The van der Waals surface area contributed by atoms with Crippen molar-refractivity contribution in [2.45, 2.75) is 0 Å². The lowest BCUT2D eigenvalue weighted by atomic mass is 10.1. The predicted molar refractivity (Wildman–Crippen MR) is 124 cm³/mol. The molecule has 5 aromatic rings. The lowest BCUT2D eigenvalue weighted by molar-refractivity contribution is 0.464. The van der Waals surface area contributed by atoms with Gasteiger partial charge in [0.1, 0.15) is 11.4 Å². The van der Waals surface area contributed by atoms with Crippen LogP contribution in [-0.4, -0.2) is 19.3 Å². The third-order valence-corrected chi connectivity index (χ3v) is 5.20. The Morgan fingerprint density at radius 3 is 2.25 bits per heavy atom. The Kier molecular flexibility index (Phi) is 5.27. The third-order valence-electron chi connectivity index (χ3n) is 4.95. The van der Waals surface area contributed by atoms with Gasteiger partial charge < -0.3 is 9.30 Å². The normalized spacial score (nSPS) is 10.8. The molecule has 2 aromatic heterocycles. The smallest absolute Gasteiger partial charge is 0.316 e. The summed E-state index contributed by atoms with van der Waals surface area (Å²) in [6.07, 6.45) is 6.53. The Morgan fingerprint density at radius 1 is 0.844 bits per heavy atom. The van der Waals surface area contributed by atoms with E-state index in [2.05, 4.69) is 10.1 Å². The molecule has 0 unspecified atom stereocenters. The maximum absolute atomic E-state index is 13.4. The number of benzene rings is 3. The van der Waals surface area contributed by atoms with Crippen LogP contribution < -0.4 is 10.3 Å². The first-order valence-corrected chi connectivity index (χ1v) is 10.3. The molecule has 0 aliphatic carbocycles. The van der Waals surface area contributed by atoms with Crippen LogP contribution >= 0.6 is 11.6 Å². The van der Waals surface area contributed by atoms with Crippen LogP contribution in [0.4, 0.5) is 0 Å². The zero-order valence-corrected chi connectivity index (χ0v) is 17.6. The van der Waals surface area contributed by atoms with Gasteiger partial charge in [-0.2, -0.15) is 9.78 Å². The Balaban J connectivity index is 1.56. The second-order valence-electron chi connectivity index (χ2n) is 7.01. The summed E-state index contributed by atoms with van der Waals surface area (Å²) in [6.45, 7) is 0. The Morgan fingerprint density at radius 2 is 1.56 bits per heavy atom. The van der Waals surface area contributed by atoms with E-state index in [4.69, 9.17) is 16.3 Å². The van der Waals surface area contributed by atoms with Gasteiger partial charge in [0.15, 0.2) is 0 Å². The highest BCUT2D eigenvalue weighted by Gasteiger charge is 2.17. The predicted octanol–water partition coefficient (Wildman–Crippen LogP) is 5.53. The van der Waals surface area contributed by atoms with E-state index in [0.717, 1.165) is 11.1 Å². The van der Waals surface area contributed by atoms with Crippen molar-refractivity contribution in [3.63, 3.8) is 0 Å². The molecule has 32 heavy (non-hydrogen) atoms. The van der Waals surface area contributed by atoms with E-state index >= 15 is 0 Å². The molecular formula is C25H17ClN4O2. The molecule has 0 fully saturated rings. The molecule has 0 radical (unpaired) electrons. The molecule has 0 aliphatic rings. The summed E-state index contributed by atoms with van der Waals surface area (Å²) < 4.78 is 9.06. The molecule has 0 saturated heterocycles. The largest absolute Gasteiger partial charge is 0.449 e. The summed E-state index contributed by atoms with van der Waals surface area (Å²) in [6, 6.07) is 24.5. The molecule has 0 spiro atoms. The van der Waals surface area contributed by atoms with Crippen LogP contribution in [-0.2, 0) is 0 Å². The highest BCUT2D eigenvalue weighted by atomic mass is 35.5. The SMILES string of the molecule is O=c1c(Oc2ccc(-c3ccccc3)cc2)c(-n2ccnc2)cnn1-c1ccc(Cl)cc1. The van der Waals surface area contributed by atoms with Crippen LogP contribution in [0.2, 0.25) is 5.02 Å². The third kappa shape index (κ3) is 3.91. The monoisotopic (exact) mass is 440 g/mol. The van der Waals surface area contributed by atoms with Crippen LogP contribution in [0.5, 0.6) is 11.5 Å². The van der Waals surface area contributed by atoms with Crippen molar-refractivity contribution >= 4 is 11.6 Å². The van der Waals surface area contributed by atoms with Crippen LogP contribution in [0.25, 0.3) is 22.5 Å². The molecule has 3 aromatic carbocycles. The Hall–Kier alpha value is -4.16. The van der Waals surface area contributed by atoms with E-state index in [-0.39, 0.29) is 5.75 Å². The highest BCUT2D eigenvalue weighted by Crippen LogP contribution is 2.27. The molecule has 7 heteroatoms. The van der Waals surface area contributed by atoms with Crippen LogP contribution in [0.1, 0.15) is 0 Å². The van der Waals surface area contributed by atoms with Gasteiger partial charge in [-0.1, -0.05) is 54.1 Å². The molecule has 0 amide bonds. The van der Waals surface area contributed by atoms with Gasteiger partial charge in [-0.15, -0.1) is 0 Å². The van der Waals surface area contributed by atoms with Gasteiger partial charge >= 0.3 is 5.56 Å². The molecule has 5 rings (SSSR count). The second-order valence-corrected chi connectivity index (χ2v) is 7.45. The summed E-state index contributed by atoms with van der Waals surface area (Å²) in [5, 5.41) is 4.90. The van der Waals surface area contributed by atoms with Crippen molar-refractivity contribution < 1.29 is 4.74 Å². The number of hydrogen-bond acceptors (Lipinski definition) is 4. The Bertz CT molecular complexity index is 1400. The number of nitrogens with zero attached hydrogens (tertiary/aromatic N) is 4. The zero-order valence-electron chi connectivity index (χ0n) is 16.8. The fraction of sp³-hybridized carbons (Fsp3) is 0. The molecule has 6 nitrogen and oxygen atoms in total. The van der Waals surface area contributed by atoms with Gasteiger partial charge in [0.25, 0.3) is 0 Å². The minimum absolute atomic E-state index is 0.139. The average molecular weight is 441 g/mol. The van der Waals surface area contributed by atoms with E-state index in [1.54, 1.807) is 53.8 Å². The van der Waals surface area contributed by atoms with Gasteiger partial charge in [-0.25, -0.2) is 4.98 Å². The molecule has 0 saturated carbocycles. The fourth-order valence-corrected chi connectivity index (χ4v) is 3.47. The highest BCUT2D eigenvalue weighted by molar-refractivity contribution is 6.30. The number of hydrogen-bond donors (Lipinski definition) is 0. The maximum Gasteiger partial charge on any atom is 0.316 e. The van der Waals surface area contributed by atoms with Gasteiger partial charge in [0.05, 0.1) is 18.2 Å². The molecule has 0 bridgehead atoms. The summed E-state index contributed by atoms with van der Waals surface area (Å²) in [5.74, 6) is 0.678. The van der Waals surface area contributed by atoms with Crippen molar-refractivity contribution in [3.05, 3.63) is 119 Å². The number of aromatic nitrogens is 4. The summed E-state index contributed by atoms with van der Waals surface area (Å²) in [4.78, 5) is 17.4. The number of rotatable bonds is 5. The first-order valence-electron chi connectivity index (χ1n) is 9.89. The van der Waals surface area contributed by atoms with Crippen molar-refractivity contribution in [2.75, 3.05) is 0 Å². The van der Waals surface area contributed by atoms with Crippen molar-refractivity contribution in [1.29, 1.82) is 0 Å². The van der Waals surface area contributed by atoms with E-state index in [0.29, 0.717) is 22.1 Å². The van der Waals surface area contributed by atoms with Crippen LogP contribution in [0.3, 0.4) is 0 Å². The molecular weight excluding hydrogens is 424 g/mol. The van der Waals surface area contributed by atoms with Crippen molar-refractivity contribution in [1.82, 2.24) is 19.3 Å².